The van der Waals surface area contributed by atoms with Gasteiger partial charge < -0.3 is 104 Å². The van der Waals surface area contributed by atoms with Crippen molar-refractivity contribution in [2.45, 2.75) is 235 Å². The minimum absolute atomic E-state index is 0.0319. The number of carbonyl (C=O) groups is 1. The Balaban J connectivity index is 0.898. The van der Waals surface area contributed by atoms with Gasteiger partial charge in [-0.3, -0.25) is 4.79 Å². The smallest absolute Gasteiger partial charge is 0.315 e. The fourth-order valence-electron chi connectivity index (χ4n) is 16.1. The molecule has 4 aliphatic heterocycles. The summed E-state index contributed by atoms with van der Waals surface area (Å²) in [6, 6.07) is 0. The SMILES string of the molecule is C[C@@H]1O[C@@H](O[C@H]2[C@H](O)[C@@H](O)[C@H](OC[C@H]3O[C@@H](OC(=O)[C@]45CCC(C)(C)C[C@H]4C4=CC[C@@H]6[C@@]7(C)CC[C@H](O[C@@H]8OC[C@@H](O)[C@H](O)[C@H]8O)[C@@](C)(CO)[C@@H]7CC[C@@]6(C)[C@]4(C)CC5)[C@H](O)[C@@H](O)[C@@H]3O)O[C@@H]2CO)[C@H](O)[C@H](O)[C@H]1O. The van der Waals surface area contributed by atoms with E-state index in [9.17, 15) is 66.4 Å². The molecule has 22 nitrogen and oxygen atoms in total. The maximum atomic E-state index is 15.1. The van der Waals surface area contributed by atoms with Crippen molar-refractivity contribution in [1.82, 2.24) is 0 Å². The Kier molecular flexibility index (Phi) is 16.3. The molecule has 28 atom stereocenters. The van der Waals surface area contributed by atoms with Crippen LogP contribution >= 0.6 is 0 Å². The fourth-order valence-corrected chi connectivity index (χ4v) is 16.1. The number of ether oxygens (including phenoxy) is 8. The van der Waals surface area contributed by atoms with E-state index in [2.05, 4.69) is 40.7 Å². The standard InChI is InChI=1S/C53H86O22/c1-23-32(57)35(60)39(64)45(70-23)74-42-27(19-54)71-43(41(66)37(42)62)69-21-28-34(59)36(61)40(65)46(72-28)75-47(67)53-16-14-48(2,3)18-25(53)24-8-9-30-49(4)12-11-31(73-44-38(63)33(58)26(56)20-68-44)50(5,22-55)29(49)10-13-52(30,7)51(24,6)15-17-53/h8,23,25-46,54-66H,9-22H2,1-7H3/t23-,25-,26+,27+,28+,29+,30+,31-,32-,33-,34+,35+,36-,37+,38+,39+,40+,41+,42+,43+,44-,45-,46-,49-,50-,51+,52+,53-/m0/s1. The first-order valence-corrected chi connectivity index (χ1v) is 27.3. The Morgan fingerprint density at radius 3 is 1.97 bits per heavy atom. The van der Waals surface area contributed by atoms with Crippen LogP contribution in [0.15, 0.2) is 11.6 Å². The van der Waals surface area contributed by atoms with Gasteiger partial charge in [0.05, 0.1) is 44.1 Å². The molecule has 0 radical (unpaired) electrons. The third kappa shape index (κ3) is 9.50. The summed E-state index contributed by atoms with van der Waals surface area (Å²) >= 11 is 0. The van der Waals surface area contributed by atoms with Crippen molar-refractivity contribution in [1.29, 1.82) is 0 Å². The van der Waals surface area contributed by atoms with Crippen molar-refractivity contribution in [2.75, 3.05) is 26.4 Å². The van der Waals surface area contributed by atoms with Crippen LogP contribution < -0.4 is 0 Å². The molecule has 4 saturated heterocycles. The third-order valence-electron chi connectivity index (χ3n) is 21.1. The minimum Gasteiger partial charge on any atom is -0.432 e. The lowest BCUT2D eigenvalue weighted by Gasteiger charge is -2.71. The van der Waals surface area contributed by atoms with E-state index in [4.69, 9.17) is 37.9 Å². The maximum absolute atomic E-state index is 15.1. The quantitative estimate of drug-likeness (QED) is 0.0643. The van der Waals surface area contributed by atoms with Crippen molar-refractivity contribution >= 4 is 5.97 Å². The number of rotatable bonds is 11. The van der Waals surface area contributed by atoms with Gasteiger partial charge in [0.2, 0.25) is 6.29 Å². The predicted octanol–water partition coefficient (Wildman–Crippen LogP) is -1.40. The summed E-state index contributed by atoms with van der Waals surface area (Å²) in [5.41, 5.74) is -1.46. The van der Waals surface area contributed by atoms with Crippen LogP contribution in [0.1, 0.15) is 113 Å². The number of aliphatic hydroxyl groups is 13. The normalized spacial score (nSPS) is 54.8. The van der Waals surface area contributed by atoms with Gasteiger partial charge in [0, 0.05) is 5.41 Å². The van der Waals surface area contributed by atoms with E-state index < -0.39 is 153 Å². The van der Waals surface area contributed by atoms with Crippen LogP contribution in [0.2, 0.25) is 0 Å². The number of hydrogen-bond acceptors (Lipinski definition) is 22. The molecule has 0 spiro atoms. The fraction of sp³-hybridized carbons (Fsp3) is 0.943. The highest BCUT2D eigenvalue weighted by Gasteiger charge is 2.70. The summed E-state index contributed by atoms with van der Waals surface area (Å²) in [7, 11) is 0. The van der Waals surface area contributed by atoms with Crippen molar-refractivity contribution in [3.8, 4) is 0 Å². The second kappa shape index (κ2) is 21.1. The van der Waals surface area contributed by atoms with Gasteiger partial charge in [0.1, 0.15) is 85.5 Å². The lowest BCUT2D eigenvalue weighted by Crippen LogP contribution is -2.67. The lowest BCUT2D eigenvalue weighted by molar-refractivity contribution is -0.361. The highest BCUT2D eigenvalue weighted by atomic mass is 16.8. The van der Waals surface area contributed by atoms with E-state index in [1.807, 2.05) is 6.92 Å². The molecule has 9 aliphatic rings. The molecule has 0 aromatic rings. The zero-order valence-electron chi connectivity index (χ0n) is 44.2. The van der Waals surface area contributed by atoms with Crippen molar-refractivity contribution in [2.24, 2.45) is 50.2 Å². The van der Waals surface area contributed by atoms with Crippen LogP contribution in [0.5, 0.6) is 0 Å². The molecule has 4 saturated carbocycles. The summed E-state index contributed by atoms with van der Waals surface area (Å²) in [6.45, 7) is 13.2. The molecule has 4 heterocycles. The first-order chi connectivity index (χ1) is 35.1. The van der Waals surface area contributed by atoms with Crippen molar-refractivity contribution < 1.29 is 109 Å². The Hall–Kier alpha value is -1.59. The first kappa shape index (κ1) is 58.1. The van der Waals surface area contributed by atoms with Gasteiger partial charge in [0.15, 0.2) is 18.9 Å². The van der Waals surface area contributed by atoms with Gasteiger partial charge in [-0.05, 0) is 111 Å². The molecule has 9 rings (SSSR count). The molecule has 22 heteroatoms. The van der Waals surface area contributed by atoms with E-state index in [1.165, 1.54) is 12.5 Å². The van der Waals surface area contributed by atoms with E-state index in [1.54, 1.807) is 0 Å². The van der Waals surface area contributed by atoms with E-state index >= 15 is 4.79 Å². The van der Waals surface area contributed by atoms with Gasteiger partial charge in [-0.25, -0.2) is 0 Å². The van der Waals surface area contributed by atoms with Gasteiger partial charge >= 0.3 is 5.97 Å². The molecule has 430 valence electrons. The van der Waals surface area contributed by atoms with Crippen LogP contribution in [-0.2, 0) is 42.7 Å². The Bertz CT molecular complexity index is 2060. The van der Waals surface area contributed by atoms with Crippen LogP contribution in [-0.4, -0.2) is 222 Å². The van der Waals surface area contributed by atoms with Crippen LogP contribution in [0.4, 0.5) is 0 Å². The van der Waals surface area contributed by atoms with Crippen molar-refractivity contribution in [3.05, 3.63) is 11.6 Å². The molecule has 5 aliphatic carbocycles. The largest absolute Gasteiger partial charge is 0.432 e. The van der Waals surface area contributed by atoms with Gasteiger partial charge in [-0.15, -0.1) is 0 Å². The number of hydrogen-bond donors (Lipinski definition) is 13. The molecule has 0 amide bonds. The average Bonchev–Trinajstić information content (AvgIpc) is 3.37. The second-order valence-electron chi connectivity index (χ2n) is 25.7. The highest BCUT2D eigenvalue weighted by molar-refractivity contribution is 5.79. The summed E-state index contributed by atoms with van der Waals surface area (Å²) in [5.74, 6) is -0.615. The molecular formula is C53H86O22. The number of aliphatic hydroxyl groups excluding tert-OH is 13. The van der Waals surface area contributed by atoms with E-state index in [0.717, 1.165) is 25.7 Å². The zero-order chi connectivity index (χ0) is 54.7. The molecule has 13 N–H and O–H groups in total. The molecule has 0 bridgehead atoms. The van der Waals surface area contributed by atoms with Crippen LogP contribution in [0.3, 0.4) is 0 Å². The van der Waals surface area contributed by atoms with Crippen molar-refractivity contribution in [3.63, 3.8) is 0 Å². The van der Waals surface area contributed by atoms with E-state index in [0.29, 0.717) is 38.5 Å². The number of esters is 1. The highest BCUT2D eigenvalue weighted by Crippen LogP contribution is 2.76. The molecular weight excluding hydrogens is 989 g/mol. The van der Waals surface area contributed by atoms with Crippen LogP contribution in [0.25, 0.3) is 0 Å². The van der Waals surface area contributed by atoms with Gasteiger partial charge in [0.25, 0.3) is 0 Å². The molecule has 0 unspecified atom stereocenters. The molecule has 0 aromatic carbocycles. The second-order valence-corrected chi connectivity index (χ2v) is 25.7. The Labute approximate surface area is 437 Å². The monoisotopic (exact) mass is 1070 g/mol. The summed E-state index contributed by atoms with van der Waals surface area (Å²) in [5, 5.41) is 139. The topological polar surface area (TPSA) is 354 Å². The first-order valence-electron chi connectivity index (χ1n) is 27.3. The lowest BCUT2D eigenvalue weighted by atomic mass is 9.33. The summed E-state index contributed by atoms with van der Waals surface area (Å²) in [4.78, 5) is 15.1. The summed E-state index contributed by atoms with van der Waals surface area (Å²) < 4.78 is 47.0. The molecule has 0 aromatic heterocycles. The third-order valence-corrected chi connectivity index (χ3v) is 21.1. The number of carbonyl (C=O) groups excluding carboxylic acids is 1. The molecule has 8 fully saturated rings. The Morgan fingerprint density at radius 2 is 1.28 bits per heavy atom. The Morgan fingerprint density at radius 1 is 0.640 bits per heavy atom. The van der Waals surface area contributed by atoms with E-state index in [-0.39, 0.29) is 52.6 Å². The molecule has 75 heavy (non-hydrogen) atoms. The average molecular weight is 1080 g/mol. The minimum atomic E-state index is -1.87. The summed E-state index contributed by atoms with van der Waals surface area (Å²) in [6.07, 6.45) is -21.1. The van der Waals surface area contributed by atoms with Crippen LogP contribution in [0, 0.1) is 50.2 Å². The van der Waals surface area contributed by atoms with Gasteiger partial charge in [-0.2, -0.15) is 0 Å². The predicted molar refractivity (Wildman–Crippen MR) is 257 cm³/mol. The number of fused-ring (bicyclic) bond motifs is 7. The van der Waals surface area contributed by atoms with Gasteiger partial charge in [-0.1, -0.05) is 53.2 Å². The maximum Gasteiger partial charge on any atom is 0.315 e. The zero-order valence-corrected chi connectivity index (χ0v) is 44.2. The number of allylic oxidation sites excluding steroid dienone is 2.